The lowest BCUT2D eigenvalue weighted by atomic mass is 9.64. The number of carbonyl (C=O) groups is 3. The second-order valence-electron chi connectivity index (χ2n) is 8.98. The fourth-order valence-electron chi connectivity index (χ4n) is 4.50. The summed E-state index contributed by atoms with van der Waals surface area (Å²) in [6.45, 7) is 10.3. The molecule has 0 N–H and O–H groups in total. The monoisotopic (exact) mass is 398 g/mol. The van der Waals surface area contributed by atoms with Gasteiger partial charge in [-0.25, -0.2) is 0 Å². The molecule has 0 bridgehead atoms. The van der Waals surface area contributed by atoms with Gasteiger partial charge in [0.25, 0.3) is 0 Å². The van der Waals surface area contributed by atoms with Crippen molar-refractivity contribution < 1.29 is 19.1 Å². The van der Waals surface area contributed by atoms with E-state index in [1.165, 1.54) is 0 Å². The lowest BCUT2D eigenvalue weighted by molar-refractivity contribution is -0.148. The third kappa shape index (κ3) is 5.65. The minimum absolute atomic E-state index is 0.117. The summed E-state index contributed by atoms with van der Waals surface area (Å²) in [5.74, 6) is -2.05. The van der Waals surface area contributed by atoms with Crippen LogP contribution in [0.4, 0.5) is 0 Å². The Morgan fingerprint density at radius 1 is 1.17 bits per heavy atom. The first kappa shape index (κ1) is 23.1. The molecule has 1 aromatic carbocycles. The van der Waals surface area contributed by atoms with E-state index in [0.717, 1.165) is 6.42 Å². The fraction of sp³-hybridized carbons (Fsp3) is 0.560. The van der Waals surface area contributed by atoms with Crippen molar-refractivity contribution in [2.45, 2.75) is 53.9 Å². The number of esters is 1. The van der Waals surface area contributed by atoms with Crippen LogP contribution < -0.4 is 0 Å². The van der Waals surface area contributed by atoms with E-state index in [1.807, 2.05) is 19.9 Å². The first-order valence-corrected chi connectivity index (χ1v) is 10.6. The summed E-state index contributed by atoms with van der Waals surface area (Å²) in [7, 11) is 0. The van der Waals surface area contributed by atoms with Gasteiger partial charge < -0.3 is 4.74 Å². The molecule has 1 aliphatic rings. The maximum absolute atomic E-state index is 13.2. The lowest BCUT2D eigenvalue weighted by Crippen LogP contribution is -2.40. The Kier molecular flexibility index (Phi) is 7.95. The fourth-order valence-corrected chi connectivity index (χ4v) is 4.50. The van der Waals surface area contributed by atoms with E-state index in [9.17, 15) is 14.4 Å². The molecular weight excluding hydrogens is 364 g/mol. The van der Waals surface area contributed by atoms with E-state index >= 15 is 0 Å². The summed E-state index contributed by atoms with van der Waals surface area (Å²) in [4.78, 5) is 39.1. The van der Waals surface area contributed by atoms with Gasteiger partial charge in [0.15, 0.2) is 5.78 Å². The van der Waals surface area contributed by atoms with Gasteiger partial charge in [-0.2, -0.15) is 0 Å². The quantitative estimate of drug-likeness (QED) is 0.246. The van der Waals surface area contributed by atoms with Gasteiger partial charge in [-0.1, -0.05) is 77.1 Å². The number of hydrogen-bond donors (Lipinski definition) is 0. The average Bonchev–Trinajstić information content (AvgIpc) is 2.66. The number of hydrogen-bond acceptors (Lipinski definition) is 4. The Hall–Kier alpha value is -2.23. The molecule has 0 aliphatic heterocycles. The molecule has 4 heteroatoms. The largest absolute Gasteiger partial charge is 0.465 e. The highest BCUT2D eigenvalue weighted by Crippen LogP contribution is 2.42. The molecule has 2 rings (SSSR count). The maximum atomic E-state index is 13.2. The summed E-state index contributed by atoms with van der Waals surface area (Å²) in [5.41, 5.74) is 0.339. The van der Waals surface area contributed by atoms with Crippen molar-refractivity contribution in [3.63, 3.8) is 0 Å². The van der Waals surface area contributed by atoms with Gasteiger partial charge in [0.05, 0.1) is 6.61 Å². The third-order valence-corrected chi connectivity index (χ3v) is 5.93. The van der Waals surface area contributed by atoms with Crippen LogP contribution in [0.15, 0.2) is 42.5 Å². The number of carbonyl (C=O) groups excluding carboxylic acids is 3. The Labute approximate surface area is 174 Å². The second kappa shape index (κ2) is 10.00. The molecule has 0 amide bonds. The van der Waals surface area contributed by atoms with Crippen molar-refractivity contribution >= 4 is 17.5 Å². The van der Waals surface area contributed by atoms with E-state index in [0.29, 0.717) is 12.0 Å². The van der Waals surface area contributed by atoms with Crippen LogP contribution in [0.2, 0.25) is 0 Å². The van der Waals surface area contributed by atoms with Crippen LogP contribution in [0.25, 0.3) is 0 Å². The molecule has 0 spiro atoms. The summed E-state index contributed by atoms with van der Waals surface area (Å²) < 4.78 is 5.32. The Morgan fingerprint density at radius 2 is 1.83 bits per heavy atom. The summed E-state index contributed by atoms with van der Waals surface area (Å²) in [6.07, 6.45) is 5.97. The molecule has 0 radical (unpaired) electrons. The van der Waals surface area contributed by atoms with Crippen LogP contribution in [-0.2, 0) is 14.3 Å². The van der Waals surface area contributed by atoms with Crippen molar-refractivity contribution in [2.75, 3.05) is 6.61 Å². The predicted octanol–water partition coefficient (Wildman–Crippen LogP) is 5.27. The standard InChI is InChI=1S/C25H34O4/c1-6-15-29-24(28)21(23(27)19-12-8-7-9-13-19)18(3)16-20(26)22-17(2)11-10-14-25(22,4)5/h7-13,17-18,21-22H,6,14-16H2,1-5H3. The highest BCUT2D eigenvalue weighted by Gasteiger charge is 2.42. The minimum atomic E-state index is -0.967. The van der Waals surface area contributed by atoms with Gasteiger partial charge in [0, 0.05) is 17.9 Å². The number of allylic oxidation sites excluding steroid dienone is 2. The SMILES string of the molecule is CCCOC(=O)C(C(=O)c1ccccc1)C(C)CC(=O)C1C(C)C=CCC1(C)C. The summed E-state index contributed by atoms with van der Waals surface area (Å²) in [6, 6.07) is 8.78. The van der Waals surface area contributed by atoms with Crippen molar-refractivity contribution in [3.8, 4) is 0 Å². The van der Waals surface area contributed by atoms with Crippen LogP contribution in [0.3, 0.4) is 0 Å². The van der Waals surface area contributed by atoms with Crippen molar-refractivity contribution in [1.29, 1.82) is 0 Å². The first-order valence-electron chi connectivity index (χ1n) is 10.6. The van der Waals surface area contributed by atoms with Crippen LogP contribution in [-0.4, -0.2) is 24.1 Å². The van der Waals surface area contributed by atoms with E-state index in [2.05, 4.69) is 32.9 Å². The van der Waals surface area contributed by atoms with Crippen LogP contribution in [0.5, 0.6) is 0 Å². The molecule has 0 aromatic heterocycles. The minimum Gasteiger partial charge on any atom is -0.465 e. The molecule has 1 aliphatic carbocycles. The molecule has 4 unspecified atom stereocenters. The molecule has 0 saturated heterocycles. The smallest absolute Gasteiger partial charge is 0.317 e. The van der Waals surface area contributed by atoms with Crippen LogP contribution in [0.1, 0.15) is 64.2 Å². The molecule has 4 atom stereocenters. The zero-order chi connectivity index (χ0) is 21.6. The normalized spacial score (nSPS) is 22.5. The van der Waals surface area contributed by atoms with E-state index in [4.69, 9.17) is 4.74 Å². The Bertz CT molecular complexity index is 747. The van der Waals surface area contributed by atoms with Gasteiger partial charge in [-0.15, -0.1) is 0 Å². The number of ketones is 2. The van der Waals surface area contributed by atoms with Crippen LogP contribution in [0, 0.1) is 29.1 Å². The predicted molar refractivity (Wildman–Crippen MR) is 114 cm³/mol. The van der Waals surface area contributed by atoms with E-state index in [1.54, 1.807) is 24.3 Å². The van der Waals surface area contributed by atoms with Gasteiger partial charge in [0.1, 0.15) is 11.7 Å². The molecule has 29 heavy (non-hydrogen) atoms. The summed E-state index contributed by atoms with van der Waals surface area (Å²) >= 11 is 0. The number of ether oxygens (including phenoxy) is 1. The van der Waals surface area contributed by atoms with Gasteiger partial charge in [0.2, 0.25) is 0 Å². The topological polar surface area (TPSA) is 60.4 Å². The molecule has 0 heterocycles. The number of rotatable bonds is 9. The highest BCUT2D eigenvalue weighted by molar-refractivity contribution is 6.09. The van der Waals surface area contributed by atoms with E-state index in [-0.39, 0.29) is 41.8 Å². The maximum Gasteiger partial charge on any atom is 0.317 e. The molecule has 0 saturated carbocycles. The zero-order valence-corrected chi connectivity index (χ0v) is 18.3. The Balaban J connectivity index is 2.23. The zero-order valence-electron chi connectivity index (χ0n) is 18.3. The van der Waals surface area contributed by atoms with Crippen molar-refractivity contribution in [2.24, 2.45) is 29.1 Å². The third-order valence-electron chi connectivity index (χ3n) is 5.93. The average molecular weight is 399 g/mol. The van der Waals surface area contributed by atoms with Gasteiger partial charge in [-0.3, -0.25) is 14.4 Å². The van der Waals surface area contributed by atoms with E-state index < -0.39 is 17.8 Å². The highest BCUT2D eigenvalue weighted by atomic mass is 16.5. The molecule has 158 valence electrons. The van der Waals surface area contributed by atoms with Crippen molar-refractivity contribution in [1.82, 2.24) is 0 Å². The summed E-state index contributed by atoms with van der Waals surface area (Å²) in [5, 5.41) is 0. The number of benzene rings is 1. The molecular formula is C25H34O4. The second-order valence-corrected chi connectivity index (χ2v) is 8.98. The number of Topliss-reactive ketones (excluding diaryl/α,β-unsaturated/α-hetero) is 2. The van der Waals surface area contributed by atoms with Crippen LogP contribution >= 0.6 is 0 Å². The van der Waals surface area contributed by atoms with Gasteiger partial charge in [-0.05, 0) is 30.1 Å². The molecule has 1 aromatic rings. The lowest BCUT2D eigenvalue weighted by Gasteiger charge is -2.39. The van der Waals surface area contributed by atoms with Crippen molar-refractivity contribution in [3.05, 3.63) is 48.0 Å². The van der Waals surface area contributed by atoms with Gasteiger partial charge >= 0.3 is 5.97 Å². The first-order chi connectivity index (χ1) is 13.7. The molecule has 4 nitrogen and oxygen atoms in total. The Morgan fingerprint density at radius 3 is 2.41 bits per heavy atom. The molecule has 0 fully saturated rings.